The molecule has 0 fully saturated rings. The lowest BCUT2D eigenvalue weighted by molar-refractivity contribution is -0.117. The Labute approximate surface area is 151 Å². The summed E-state index contributed by atoms with van der Waals surface area (Å²) >= 11 is 5.07. The van der Waals surface area contributed by atoms with E-state index in [-0.39, 0.29) is 32.5 Å². The fraction of sp³-hybridized carbons (Fsp3) is 0.312. The standard InChI is InChI=1S/C16H19N3O4S2/c1-16(2)7-13(20)12(14(21)8-16)9-18-15(24)19-10-3-5-11(6-4-10)25(17,22)23/h3-6,9,20H,7-8H2,1-2H3,(H,19,24)(H2,17,22,23)/b18-9+. The van der Waals surface area contributed by atoms with E-state index in [1.807, 2.05) is 13.8 Å². The van der Waals surface area contributed by atoms with Crippen LogP contribution >= 0.6 is 12.2 Å². The molecule has 0 saturated carbocycles. The molecule has 0 aromatic heterocycles. The lowest BCUT2D eigenvalue weighted by atomic mass is 9.77. The quantitative estimate of drug-likeness (QED) is 0.545. The third kappa shape index (κ3) is 5.18. The molecule has 7 nitrogen and oxygen atoms in total. The van der Waals surface area contributed by atoms with Crippen molar-refractivity contribution in [1.82, 2.24) is 0 Å². The first-order chi connectivity index (χ1) is 11.5. The highest BCUT2D eigenvalue weighted by molar-refractivity contribution is 7.89. The van der Waals surface area contributed by atoms with Gasteiger partial charge in [-0.05, 0) is 41.9 Å². The highest BCUT2D eigenvalue weighted by atomic mass is 32.2. The van der Waals surface area contributed by atoms with Crippen LogP contribution in [0, 0.1) is 5.41 Å². The highest BCUT2D eigenvalue weighted by Crippen LogP contribution is 2.35. The van der Waals surface area contributed by atoms with Crippen molar-refractivity contribution >= 4 is 45.0 Å². The number of aliphatic imine (C=N–C) groups is 1. The number of nitrogens with two attached hydrogens (primary N) is 1. The van der Waals surface area contributed by atoms with Crippen molar-refractivity contribution in [3.63, 3.8) is 0 Å². The van der Waals surface area contributed by atoms with Gasteiger partial charge in [0, 0.05) is 24.7 Å². The van der Waals surface area contributed by atoms with Crippen LogP contribution in [0.3, 0.4) is 0 Å². The van der Waals surface area contributed by atoms with Crippen LogP contribution in [-0.4, -0.2) is 30.6 Å². The average Bonchev–Trinajstić information content (AvgIpc) is 2.44. The topological polar surface area (TPSA) is 122 Å². The van der Waals surface area contributed by atoms with Crippen LogP contribution in [-0.2, 0) is 14.8 Å². The minimum Gasteiger partial charge on any atom is -0.511 e. The molecule has 0 heterocycles. The summed E-state index contributed by atoms with van der Waals surface area (Å²) in [7, 11) is -3.76. The third-order valence-corrected chi connectivity index (χ3v) is 4.78. The van der Waals surface area contributed by atoms with Gasteiger partial charge in [-0.1, -0.05) is 13.8 Å². The van der Waals surface area contributed by atoms with Gasteiger partial charge >= 0.3 is 0 Å². The average molecular weight is 381 g/mol. The second kappa shape index (κ2) is 7.03. The van der Waals surface area contributed by atoms with E-state index in [4.69, 9.17) is 17.4 Å². The number of Topliss-reactive ketones (excluding diaryl/α,β-unsaturated/α-hetero) is 1. The number of nitrogens with zero attached hydrogens (tertiary/aromatic N) is 1. The molecular formula is C16H19N3O4S2. The molecule has 0 spiro atoms. The first-order valence-electron chi connectivity index (χ1n) is 7.41. The lowest BCUT2D eigenvalue weighted by Gasteiger charge is -2.28. The summed E-state index contributed by atoms with van der Waals surface area (Å²) in [5.74, 6) is -0.178. The zero-order chi connectivity index (χ0) is 18.8. The predicted molar refractivity (Wildman–Crippen MR) is 100 cm³/mol. The molecule has 2 rings (SSSR count). The molecular weight excluding hydrogens is 362 g/mol. The van der Waals surface area contributed by atoms with Gasteiger partial charge in [-0.2, -0.15) is 0 Å². The van der Waals surface area contributed by atoms with Crippen LogP contribution in [0.5, 0.6) is 0 Å². The van der Waals surface area contributed by atoms with Gasteiger partial charge in [-0.25, -0.2) is 18.5 Å². The summed E-state index contributed by atoms with van der Waals surface area (Å²) in [6.45, 7) is 3.82. The van der Waals surface area contributed by atoms with Crippen molar-refractivity contribution in [2.24, 2.45) is 15.5 Å². The van der Waals surface area contributed by atoms with E-state index in [0.29, 0.717) is 18.5 Å². The van der Waals surface area contributed by atoms with Gasteiger partial charge in [-0.15, -0.1) is 0 Å². The van der Waals surface area contributed by atoms with Gasteiger partial charge in [0.15, 0.2) is 10.9 Å². The summed E-state index contributed by atoms with van der Waals surface area (Å²) in [6.07, 6.45) is 1.98. The van der Waals surface area contributed by atoms with Crippen molar-refractivity contribution in [3.05, 3.63) is 35.6 Å². The molecule has 0 atom stereocenters. The lowest BCUT2D eigenvalue weighted by Crippen LogP contribution is -2.26. The predicted octanol–water partition coefficient (Wildman–Crippen LogP) is 2.30. The van der Waals surface area contributed by atoms with E-state index in [1.165, 1.54) is 30.5 Å². The van der Waals surface area contributed by atoms with Crippen LogP contribution in [0.4, 0.5) is 5.69 Å². The van der Waals surface area contributed by atoms with E-state index < -0.39 is 10.0 Å². The summed E-state index contributed by atoms with van der Waals surface area (Å²) in [6, 6.07) is 5.66. The van der Waals surface area contributed by atoms with E-state index in [2.05, 4.69) is 10.3 Å². The summed E-state index contributed by atoms with van der Waals surface area (Å²) < 4.78 is 22.4. The number of thiocarbonyl (C=S) groups is 1. The maximum Gasteiger partial charge on any atom is 0.238 e. The Kier molecular flexibility index (Phi) is 5.40. The molecule has 0 saturated heterocycles. The molecule has 134 valence electrons. The number of anilines is 1. The molecule has 0 aliphatic heterocycles. The fourth-order valence-electron chi connectivity index (χ4n) is 2.46. The maximum absolute atomic E-state index is 12.1. The molecule has 25 heavy (non-hydrogen) atoms. The summed E-state index contributed by atoms with van der Waals surface area (Å²) in [4.78, 5) is 16.0. The van der Waals surface area contributed by atoms with Crippen LogP contribution in [0.1, 0.15) is 26.7 Å². The van der Waals surface area contributed by atoms with Crippen LogP contribution < -0.4 is 10.5 Å². The number of primary sulfonamides is 1. The molecule has 0 radical (unpaired) electrons. The van der Waals surface area contributed by atoms with Crippen LogP contribution in [0.15, 0.2) is 45.5 Å². The van der Waals surface area contributed by atoms with Gasteiger partial charge in [0.1, 0.15) is 5.76 Å². The van der Waals surface area contributed by atoms with E-state index in [1.54, 1.807) is 0 Å². The Morgan fingerprint density at radius 1 is 1.32 bits per heavy atom. The molecule has 4 N–H and O–H groups in total. The monoisotopic (exact) mass is 381 g/mol. The number of rotatable bonds is 3. The zero-order valence-electron chi connectivity index (χ0n) is 13.8. The molecule has 1 aliphatic carbocycles. The molecule has 1 aromatic carbocycles. The number of allylic oxidation sites excluding steroid dienone is 2. The number of hydrogen-bond donors (Lipinski definition) is 3. The second-order valence-corrected chi connectivity index (χ2v) is 8.51. The van der Waals surface area contributed by atoms with E-state index >= 15 is 0 Å². The van der Waals surface area contributed by atoms with Crippen molar-refractivity contribution in [2.75, 3.05) is 5.32 Å². The van der Waals surface area contributed by atoms with Crippen molar-refractivity contribution < 1.29 is 18.3 Å². The molecule has 0 unspecified atom stereocenters. The van der Waals surface area contributed by atoms with Crippen molar-refractivity contribution in [3.8, 4) is 0 Å². The Bertz CT molecular complexity index is 869. The zero-order valence-corrected chi connectivity index (χ0v) is 15.4. The van der Waals surface area contributed by atoms with Gasteiger partial charge in [-0.3, -0.25) is 4.79 Å². The van der Waals surface area contributed by atoms with Crippen molar-refractivity contribution in [1.29, 1.82) is 0 Å². The van der Waals surface area contributed by atoms with E-state index in [9.17, 15) is 18.3 Å². The maximum atomic E-state index is 12.1. The Hall–Kier alpha value is -2.10. The summed E-state index contributed by atoms with van der Waals surface area (Å²) in [5, 5.41) is 17.9. The largest absolute Gasteiger partial charge is 0.511 e. The normalized spacial score (nSPS) is 17.8. The van der Waals surface area contributed by atoms with Gasteiger partial charge in [0.2, 0.25) is 10.0 Å². The number of ketones is 1. The molecule has 0 amide bonds. The van der Waals surface area contributed by atoms with Gasteiger partial charge < -0.3 is 10.4 Å². The number of sulfonamides is 1. The second-order valence-electron chi connectivity index (χ2n) is 6.56. The first kappa shape index (κ1) is 19.2. The number of carbonyl (C=O) groups is 1. The fourth-order valence-corrected chi connectivity index (χ4v) is 3.14. The number of nitrogens with one attached hydrogen (secondary N) is 1. The van der Waals surface area contributed by atoms with E-state index in [0.717, 1.165) is 0 Å². The molecule has 0 bridgehead atoms. The SMILES string of the molecule is CC1(C)CC(=O)C(/C=N/C(=S)Nc2ccc(S(N)(=O)=O)cc2)=C(O)C1. The number of carbonyl (C=O) groups excluding carboxylic acids is 1. The van der Waals surface area contributed by atoms with Crippen LogP contribution in [0.25, 0.3) is 0 Å². The Morgan fingerprint density at radius 2 is 1.92 bits per heavy atom. The number of hydrogen-bond acceptors (Lipinski definition) is 5. The third-order valence-electron chi connectivity index (χ3n) is 3.64. The Morgan fingerprint density at radius 3 is 2.44 bits per heavy atom. The molecule has 1 aromatic rings. The smallest absolute Gasteiger partial charge is 0.238 e. The first-order valence-corrected chi connectivity index (χ1v) is 9.37. The number of aliphatic hydroxyl groups excluding tert-OH is 1. The van der Waals surface area contributed by atoms with Crippen LogP contribution in [0.2, 0.25) is 0 Å². The van der Waals surface area contributed by atoms with Gasteiger partial charge in [0.05, 0.1) is 10.5 Å². The Balaban J connectivity index is 2.07. The summed E-state index contributed by atoms with van der Waals surface area (Å²) in [5.41, 5.74) is 0.402. The minimum atomic E-state index is -3.76. The number of aliphatic hydroxyl groups is 1. The number of benzene rings is 1. The highest BCUT2D eigenvalue weighted by Gasteiger charge is 2.32. The minimum absolute atomic E-state index is 0.00491. The molecule has 9 heteroatoms. The van der Waals surface area contributed by atoms with Crippen molar-refractivity contribution in [2.45, 2.75) is 31.6 Å². The molecule has 1 aliphatic rings. The van der Waals surface area contributed by atoms with Gasteiger partial charge in [0.25, 0.3) is 0 Å².